The number of benzene rings is 2. The highest BCUT2D eigenvalue weighted by Gasteiger charge is 2.48. The predicted octanol–water partition coefficient (Wildman–Crippen LogP) is 3.95. The van der Waals surface area contributed by atoms with E-state index in [9.17, 15) is 14.7 Å². The molecule has 11 heteroatoms. The second-order valence-corrected chi connectivity index (χ2v) is 11.6. The van der Waals surface area contributed by atoms with Crippen molar-refractivity contribution in [2.75, 3.05) is 74.4 Å². The number of ether oxygens (including phenoxy) is 5. The third-order valence-electron chi connectivity index (χ3n) is 8.38. The molecule has 0 saturated carbocycles. The Balaban J connectivity index is 1.62. The molecule has 2 aliphatic heterocycles. The molecule has 0 unspecified atom stereocenters. The number of carboxylic acid groups (broad SMARTS) is 1. The fraction of sp³-hybridized carbons (Fsp3) is 0.576. The van der Waals surface area contributed by atoms with Crippen LogP contribution in [0.5, 0.6) is 28.7 Å². The monoisotopic (exact) mass is 613 g/mol. The van der Waals surface area contributed by atoms with Crippen molar-refractivity contribution in [2.45, 2.75) is 44.6 Å². The van der Waals surface area contributed by atoms with Crippen LogP contribution in [0.25, 0.3) is 0 Å². The molecule has 4 rings (SSSR count). The summed E-state index contributed by atoms with van der Waals surface area (Å²) in [5.41, 5.74) is 0.752. The van der Waals surface area contributed by atoms with E-state index in [4.69, 9.17) is 23.7 Å². The number of nitrogens with zero attached hydrogens (tertiary/aromatic N) is 3. The number of amides is 1. The number of likely N-dealkylation sites (tertiary alicyclic amines) is 1. The summed E-state index contributed by atoms with van der Waals surface area (Å²) in [6.07, 6.45) is 3.80. The number of fused-ring (bicyclic) bond motifs is 1. The molecule has 44 heavy (non-hydrogen) atoms. The Morgan fingerprint density at radius 2 is 1.68 bits per heavy atom. The summed E-state index contributed by atoms with van der Waals surface area (Å²) in [7, 11) is 7.20. The van der Waals surface area contributed by atoms with Gasteiger partial charge in [0.15, 0.2) is 23.0 Å². The van der Waals surface area contributed by atoms with Gasteiger partial charge in [-0.05, 0) is 69.7 Å². The van der Waals surface area contributed by atoms with Gasteiger partial charge in [0.05, 0.1) is 32.7 Å². The van der Waals surface area contributed by atoms with Crippen LogP contribution in [0, 0.1) is 5.92 Å². The van der Waals surface area contributed by atoms with Gasteiger partial charge >= 0.3 is 5.97 Å². The average Bonchev–Trinajstić information content (AvgIpc) is 3.63. The van der Waals surface area contributed by atoms with E-state index in [1.54, 1.807) is 26.4 Å². The van der Waals surface area contributed by atoms with Gasteiger partial charge in [-0.25, -0.2) is 0 Å². The molecule has 0 aliphatic carbocycles. The van der Waals surface area contributed by atoms with Crippen LogP contribution in [-0.2, 0) is 9.59 Å². The number of rotatable bonds is 17. The van der Waals surface area contributed by atoms with Crippen molar-refractivity contribution in [1.82, 2.24) is 14.7 Å². The third-order valence-corrected chi connectivity index (χ3v) is 8.38. The van der Waals surface area contributed by atoms with Crippen LogP contribution in [0.1, 0.15) is 44.1 Å². The third kappa shape index (κ3) is 8.06. The lowest BCUT2D eigenvalue weighted by Crippen LogP contribution is -2.46. The van der Waals surface area contributed by atoms with E-state index in [1.807, 2.05) is 48.2 Å². The van der Waals surface area contributed by atoms with E-state index < -0.39 is 23.8 Å². The molecule has 0 radical (unpaired) electrons. The average molecular weight is 614 g/mol. The lowest BCUT2D eigenvalue weighted by molar-refractivity contribution is -0.144. The first-order valence-electron chi connectivity index (χ1n) is 15.4. The number of carbonyl (C=O) groups is 2. The Morgan fingerprint density at radius 1 is 0.977 bits per heavy atom. The zero-order chi connectivity index (χ0) is 31.6. The van der Waals surface area contributed by atoms with Crippen molar-refractivity contribution in [3.05, 3.63) is 42.0 Å². The van der Waals surface area contributed by atoms with E-state index in [0.29, 0.717) is 48.4 Å². The van der Waals surface area contributed by atoms with Gasteiger partial charge < -0.3 is 38.6 Å². The van der Waals surface area contributed by atoms with Gasteiger partial charge in [-0.15, -0.1) is 0 Å². The van der Waals surface area contributed by atoms with Crippen LogP contribution in [0.15, 0.2) is 36.4 Å². The largest absolute Gasteiger partial charge is 0.493 e. The molecule has 1 saturated heterocycles. The number of carbonyl (C=O) groups excluding carboxylic acids is 1. The predicted molar refractivity (Wildman–Crippen MR) is 166 cm³/mol. The zero-order valence-electron chi connectivity index (χ0n) is 26.6. The molecular weight excluding hydrogens is 566 g/mol. The van der Waals surface area contributed by atoms with E-state index in [2.05, 4.69) is 11.8 Å². The molecule has 1 amide bonds. The molecule has 3 atom stereocenters. The van der Waals surface area contributed by atoms with Crippen molar-refractivity contribution in [3.8, 4) is 28.7 Å². The number of para-hydroxylation sites is 2. The van der Waals surface area contributed by atoms with E-state index in [1.165, 1.54) is 0 Å². The minimum Gasteiger partial charge on any atom is -0.493 e. The number of aliphatic carboxylic acids is 1. The molecule has 2 aliphatic rings. The summed E-state index contributed by atoms with van der Waals surface area (Å²) in [4.78, 5) is 32.8. The Labute approximate surface area is 260 Å². The van der Waals surface area contributed by atoms with E-state index in [-0.39, 0.29) is 25.9 Å². The maximum Gasteiger partial charge on any atom is 0.308 e. The Morgan fingerprint density at radius 3 is 2.36 bits per heavy atom. The highest BCUT2D eigenvalue weighted by Crippen LogP contribution is 2.47. The van der Waals surface area contributed by atoms with Crippen LogP contribution >= 0.6 is 0 Å². The van der Waals surface area contributed by atoms with Gasteiger partial charge in [0.25, 0.3) is 0 Å². The topological polar surface area (TPSA) is 110 Å². The Hall–Kier alpha value is -3.70. The molecule has 11 nitrogen and oxygen atoms in total. The van der Waals surface area contributed by atoms with Crippen LogP contribution in [0.4, 0.5) is 0 Å². The molecule has 2 heterocycles. The number of carboxylic acids is 1. The first kappa shape index (κ1) is 33.2. The fourth-order valence-corrected chi connectivity index (χ4v) is 6.03. The van der Waals surface area contributed by atoms with Gasteiger partial charge in [0, 0.05) is 25.6 Å². The molecule has 0 spiro atoms. The number of hydrogen-bond donors (Lipinski definition) is 1. The Kier molecular flexibility index (Phi) is 12.0. The van der Waals surface area contributed by atoms with Gasteiger partial charge in [-0.1, -0.05) is 25.5 Å². The van der Waals surface area contributed by atoms with Gasteiger partial charge in [0.1, 0.15) is 6.61 Å². The Bertz CT molecular complexity index is 1260. The minimum atomic E-state index is -0.957. The van der Waals surface area contributed by atoms with E-state index >= 15 is 0 Å². The summed E-state index contributed by atoms with van der Waals surface area (Å²) < 4.78 is 28.4. The molecule has 2 aromatic carbocycles. The first-order chi connectivity index (χ1) is 21.3. The standard InChI is InChI=1S/C33H47N3O8/c1-6-7-15-35(16-11-10-14-34(2)3)30(37)20-36-19-24(23-17-28(41-5)32-29(18-23)43-22-44-32)31(33(38)39)25(36)21-42-27-13-9-8-12-26(27)40-4/h8-9,12-13,17-18,24-25,31H,6-7,10-11,14-16,19-22H2,1-5H3,(H,38,39)/t24-,25+,31-/m1/s1. The van der Waals surface area contributed by atoms with Gasteiger partial charge in [-0.3, -0.25) is 14.5 Å². The number of hydrogen-bond acceptors (Lipinski definition) is 9. The summed E-state index contributed by atoms with van der Waals surface area (Å²) in [6.45, 7) is 5.02. The molecule has 1 N–H and O–H groups in total. The van der Waals surface area contributed by atoms with E-state index in [0.717, 1.165) is 37.8 Å². The second-order valence-electron chi connectivity index (χ2n) is 11.6. The minimum absolute atomic E-state index is 0.00125. The van der Waals surface area contributed by atoms with Gasteiger partial charge in [-0.2, -0.15) is 0 Å². The molecule has 1 fully saturated rings. The van der Waals surface area contributed by atoms with Gasteiger partial charge in [0.2, 0.25) is 18.4 Å². The maximum absolute atomic E-state index is 13.8. The van der Waals surface area contributed by atoms with Crippen molar-refractivity contribution < 1.29 is 38.4 Å². The summed E-state index contributed by atoms with van der Waals surface area (Å²) in [6, 6.07) is 10.3. The van der Waals surface area contributed by atoms with Crippen LogP contribution < -0.4 is 23.7 Å². The molecule has 2 aromatic rings. The van der Waals surface area contributed by atoms with Crippen molar-refractivity contribution in [2.24, 2.45) is 5.92 Å². The van der Waals surface area contributed by atoms with Crippen LogP contribution in [0.2, 0.25) is 0 Å². The van der Waals surface area contributed by atoms with Crippen molar-refractivity contribution in [3.63, 3.8) is 0 Å². The highest BCUT2D eigenvalue weighted by molar-refractivity contribution is 5.79. The van der Waals surface area contributed by atoms with Crippen molar-refractivity contribution >= 4 is 11.9 Å². The highest BCUT2D eigenvalue weighted by atomic mass is 16.7. The lowest BCUT2D eigenvalue weighted by atomic mass is 9.85. The SMILES string of the molecule is CCCCN(CCCCN(C)C)C(=O)CN1C[C@H](c2cc(OC)c3c(c2)OCO3)[C@@H](C(=O)O)[C@@H]1COc1ccccc1OC. The fourth-order valence-electron chi connectivity index (χ4n) is 6.03. The maximum atomic E-state index is 13.8. The lowest BCUT2D eigenvalue weighted by Gasteiger charge is -2.30. The number of methoxy groups -OCH3 is 2. The summed E-state index contributed by atoms with van der Waals surface area (Å²) >= 11 is 0. The van der Waals surface area contributed by atoms with Crippen molar-refractivity contribution in [1.29, 1.82) is 0 Å². The summed E-state index contributed by atoms with van der Waals surface area (Å²) in [5.74, 6) is 0.322. The molecule has 0 aromatic heterocycles. The molecule has 0 bridgehead atoms. The smallest absolute Gasteiger partial charge is 0.308 e. The van der Waals surface area contributed by atoms with Crippen LogP contribution in [-0.4, -0.2) is 112 Å². The quantitative estimate of drug-likeness (QED) is 0.264. The first-order valence-corrected chi connectivity index (χ1v) is 15.4. The summed E-state index contributed by atoms with van der Waals surface area (Å²) in [5, 5.41) is 10.6. The zero-order valence-corrected chi connectivity index (χ0v) is 26.6. The van der Waals surface area contributed by atoms with Crippen LogP contribution in [0.3, 0.4) is 0 Å². The normalized spacial score (nSPS) is 19.3. The second kappa shape index (κ2) is 15.9. The number of unbranched alkanes of at least 4 members (excludes halogenated alkanes) is 2. The molecule has 242 valence electrons. The molecular formula is C33H47N3O8.